The van der Waals surface area contributed by atoms with Crippen LogP contribution in [0.5, 0.6) is 0 Å². The molecule has 0 bridgehead atoms. The number of rotatable bonds is 6. The van der Waals surface area contributed by atoms with Crippen LogP contribution in [0.1, 0.15) is 34.1 Å². The molecule has 108 valence electrons. The molecule has 2 aromatic rings. The number of carboxylic acids is 1. The smallest absolute Gasteiger partial charge is 0.345 e. The normalized spacial score (nSPS) is 13.2. The van der Waals surface area contributed by atoms with Gasteiger partial charge >= 0.3 is 5.97 Å². The maximum atomic E-state index is 12.2. The number of carbonyl (C=O) groups is 1. The van der Waals surface area contributed by atoms with Gasteiger partial charge in [0.2, 0.25) is 0 Å². The molecule has 2 heterocycles. The molecule has 1 unspecified atom stereocenters. The molecule has 20 heavy (non-hydrogen) atoms. The van der Waals surface area contributed by atoms with E-state index in [1.807, 2.05) is 6.92 Å². The Morgan fingerprint density at radius 3 is 2.75 bits per heavy atom. The Labute approximate surface area is 124 Å². The Morgan fingerprint density at radius 2 is 2.25 bits per heavy atom. The summed E-state index contributed by atoms with van der Waals surface area (Å²) in [4.78, 5) is 14.9. The van der Waals surface area contributed by atoms with E-state index in [1.54, 1.807) is 11.6 Å². The lowest BCUT2D eigenvalue weighted by Crippen LogP contribution is -2.27. The Morgan fingerprint density at radius 1 is 1.50 bits per heavy atom. The molecule has 0 spiro atoms. The van der Waals surface area contributed by atoms with Crippen molar-refractivity contribution in [1.82, 2.24) is 9.71 Å². The molecule has 2 rings (SSSR count). The summed E-state index contributed by atoms with van der Waals surface area (Å²) in [5, 5.41) is 11.3. The van der Waals surface area contributed by atoms with Crippen LogP contribution in [0.3, 0.4) is 0 Å². The van der Waals surface area contributed by atoms with Crippen molar-refractivity contribution < 1.29 is 18.3 Å². The zero-order valence-electron chi connectivity index (χ0n) is 10.4. The molecular formula is C11H12N2O4S3. The average molecular weight is 332 g/mol. The second kappa shape index (κ2) is 6.00. The van der Waals surface area contributed by atoms with Gasteiger partial charge in [0.15, 0.2) is 0 Å². The zero-order valence-corrected chi connectivity index (χ0v) is 12.9. The molecule has 0 aliphatic heterocycles. The van der Waals surface area contributed by atoms with E-state index in [2.05, 4.69) is 9.71 Å². The van der Waals surface area contributed by atoms with Gasteiger partial charge in [0.05, 0.1) is 6.04 Å². The molecule has 0 fully saturated rings. The predicted molar refractivity (Wildman–Crippen MR) is 76.7 cm³/mol. The Hall–Kier alpha value is -1.29. The fourth-order valence-electron chi connectivity index (χ4n) is 1.54. The van der Waals surface area contributed by atoms with Crippen molar-refractivity contribution in [3.8, 4) is 0 Å². The van der Waals surface area contributed by atoms with E-state index < -0.39 is 22.0 Å². The number of thiophene rings is 1. The molecule has 0 amide bonds. The minimum atomic E-state index is -3.74. The number of sulfonamides is 1. The van der Waals surface area contributed by atoms with Crippen molar-refractivity contribution >= 4 is 38.7 Å². The third kappa shape index (κ3) is 3.23. The van der Waals surface area contributed by atoms with Crippen LogP contribution in [0.4, 0.5) is 0 Å². The number of nitrogens with one attached hydrogen (secondary N) is 1. The second-order valence-electron chi connectivity index (χ2n) is 3.88. The van der Waals surface area contributed by atoms with Gasteiger partial charge in [-0.05, 0) is 18.6 Å². The Balaban J connectivity index is 2.23. The summed E-state index contributed by atoms with van der Waals surface area (Å²) in [7, 11) is -3.74. The highest BCUT2D eigenvalue weighted by Gasteiger charge is 2.24. The quantitative estimate of drug-likeness (QED) is 0.846. The van der Waals surface area contributed by atoms with Crippen molar-refractivity contribution in [2.24, 2.45) is 0 Å². The molecule has 9 heteroatoms. The average Bonchev–Trinajstić information content (AvgIpc) is 3.06. The summed E-state index contributed by atoms with van der Waals surface area (Å²) < 4.78 is 27.0. The largest absolute Gasteiger partial charge is 0.477 e. The molecule has 0 aromatic carbocycles. The highest BCUT2D eigenvalue weighted by atomic mass is 32.2. The molecule has 2 N–H and O–H groups in total. The SMILES string of the molecule is CCC(NS(=O)(=O)c1ccc(C(=O)O)s1)c1nccs1. The molecule has 0 saturated heterocycles. The highest BCUT2D eigenvalue weighted by Crippen LogP contribution is 2.25. The minimum absolute atomic E-state index is 0.00679. The van der Waals surface area contributed by atoms with Gasteiger partial charge in [-0.15, -0.1) is 22.7 Å². The molecule has 6 nitrogen and oxygen atoms in total. The maximum absolute atomic E-state index is 12.2. The molecule has 0 radical (unpaired) electrons. The van der Waals surface area contributed by atoms with Gasteiger partial charge in [-0.25, -0.2) is 22.9 Å². The Kier molecular flexibility index (Phi) is 4.53. The molecular weight excluding hydrogens is 320 g/mol. The van der Waals surface area contributed by atoms with Crippen LogP contribution < -0.4 is 4.72 Å². The molecule has 2 aromatic heterocycles. The lowest BCUT2D eigenvalue weighted by Gasteiger charge is -2.13. The standard InChI is InChI=1S/C11H12N2O4S3/c1-2-7(10-12-5-6-18-10)13-20(16,17)9-4-3-8(19-9)11(14)15/h3-7,13H,2H2,1H3,(H,14,15). The number of thiazole rings is 1. The first kappa shape index (κ1) is 15.1. The highest BCUT2D eigenvalue weighted by molar-refractivity contribution is 7.91. The number of hydrogen-bond acceptors (Lipinski definition) is 6. The topological polar surface area (TPSA) is 96.4 Å². The van der Waals surface area contributed by atoms with Gasteiger partial charge < -0.3 is 5.11 Å². The van der Waals surface area contributed by atoms with Crippen LogP contribution >= 0.6 is 22.7 Å². The van der Waals surface area contributed by atoms with Crippen molar-refractivity contribution in [2.45, 2.75) is 23.6 Å². The number of nitrogens with zero attached hydrogens (tertiary/aromatic N) is 1. The van der Waals surface area contributed by atoms with Crippen LogP contribution in [-0.4, -0.2) is 24.5 Å². The van der Waals surface area contributed by atoms with Crippen LogP contribution in [0.25, 0.3) is 0 Å². The first-order valence-corrected chi connectivity index (χ1v) is 8.87. The van der Waals surface area contributed by atoms with Crippen molar-refractivity contribution in [3.63, 3.8) is 0 Å². The fourth-order valence-corrected chi connectivity index (χ4v) is 4.83. The van der Waals surface area contributed by atoms with Crippen LogP contribution in [0, 0.1) is 0 Å². The summed E-state index contributed by atoms with van der Waals surface area (Å²) in [6, 6.07) is 2.17. The van der Waals surface area contributed by atoms with Gasteiger partial charge in [0.1, 0.15) is 14.1 Å². The van der Waals surface area contributed by atoms with Crippen molar-refractivity contribution in [1.29, 1.82) is 0 Å². The summed E-state index contributed by atoms with van der Waals surface area (Å²) in [5.74, 6) is -1.14. The molecule has 0 aliphatic rings. The van der Waals surface area contributed by atoms with E-state index >= 15 is 0 Å². The van der Waals surface area contributed by atoms with Gasteiger partial charge in [-0.1, -0.05) is 6.92 Å². The van der Waals surface area contributed by atoms with E-state index in [0.29, 0.717) is 11.4 Å². The first-order valence-electron chi connectivity index (χ1n) is 5.69. The van der Waals surface area contributed by atoms with Crippen LogP contribution in [-0.2, 0) is 10.0 Å². The van der Waals surface area contributed by atoms with E-state index in [4.69, 9.17) is 5.11 Å². The lowest BCUT2D eigenvalue weighted by atomic mass is 10.3. The van der Waals surface area contributed by atoms with Crippen molar-refractivity contribution in [3.05, 3.63) is 33.6 Å². The maximum Gasteiger partial charge on any atom is 0.345 e. The zero-order chi connectivity index (χ0) is 14.8. The van der Waals surface area contributed by atoms with Gasteiger partial charge in [0, 0.05) is 11.6 Å². The second-order valence-corrected chi connectivity index (χ2v) is 7.83. The van der Waals surface area contributed by atoms with Crippen LogP contribution in [0.2, 0.25) is 0 Å². The van der Waals surface area contributed by atoms with E-state index in [1.165, 1.54) is 23.5 Å². The first-order chi connectivity index (χ1) is 9.44. The number of hydrogen-bond donors (Lipinski definition) is 2. The molecule has 0 saturated carbocycles. The van der Waals surface area contributed by atoms with Gasteiger partial charge in [-0.3, -0.25) is 0 Å². The van der Waals surface area contributed by atoms with Gasteiger partial charge in [-0.2, -0.15) is 0 Å². The minimum Gasteiger partial charge on any atom is -0.477 e. The number of aromatic nitrogens is 1. The van der Waals surface area contributed by atoms with Crippen molar-refractivity contribution in [2.75, 3.05) is 0 Å². The van der Waals surface area contributed by atoms with E-state index in [-0.39, 0.29) is 9.09 Å². The van der Waals surface area contributed by atoms with Gasteiger partial charge in [0.25, 0.3) is 10.0 Å². The predicted octanol–water partition coefficient (Wildman–Crippen LogP) is 2.33. The number of aromatic carboxylic acids is 1. The fraction of sp³-hybridized carbons (Fsp3) is 0.273. The lowest BCUT2D eigenvalue weighted by molar-refractivity contribution is 0.0702. The third-order valence-corrected chi connectivity index (χ3v) is 6.44. The Bertz CT molecular complexity index is 691. The summed E-state index contributed by atoms with van der Waals surface area (Å²) in [6.07, 6.45) is 2.18. The van der Waals surface area contributed by atoms with E-state index in [9.17, 15) is 13.2 Å². The number of carboxylic acid groups (broad SMARTS) is 1. The molecule has 0 aliphatic carbocycles. The summed E-state index contributed by atoms with van der Waals surface area (Å²) >= 11 is 2.10. The van der Waals surface area contributed by atoms with Crippen LogP contribution in [0.15, 0.2) is 27.9 Å². The third-order valence-electron chi connectivity index (χ3n) is 2.51. The monoisotopic (exact) mass is 332 g/mol. The van der Waals surface area contributed by atoms with E-state index in [0.717, 1.165) is 11.3 Å². The summed E-state index contributed by atoms with van der Waals surface area (Å²) in [6.45, 7) is 1.85. The molecule has 1 atom stereocenters. The summed E-state index contributed by atoms with van der Waals surface area (Å²) in [5.41, 5.74) is 0.